The van der Waals surface area contributed by atoms with Crippen LogP contribution in [-0.2, 0) is 4.79 Å². The minimum Gasteiger partial charge on any atom is -0.492 e. The lowest BCUT2D eigenvalue weighted by Gasteiger charge is -2.13. The maximum atomic E-state index is 11.9. The molecule has 0 bridgehead atoms. The van der Waals surface area contributed by atoms with Gasteiger partial charge in [0.2, 0.25) is 5.91 Å². The molecular formula is C18H18BrCl2NO2. The molecule has 1 amide bonds. The third-order valence-corrected chi connectivity index (χ3v) is 5.42. The van der Waals surface area contributed by atoms with E-state index in [1.807, 2.05) is 32.0 Å². The van der Waals surface area contributed by atoms with E-state index in [1.54, 1.807) is 12.1 Å². The Labute approximate surface area is 160 Å². The molecule has 0 spiro atoms. The lowest BCUT2D eigenvalue weighted by molar-refractivity contribution is -0.116. The minimum atomic E-state index is -0.0887. The van der Waals surface area contributed by atoms with E-state index in [0.717, 1.165) is 26.4 Å². The van der Waals surface area contributed by atoms with E-state index in [0.29, 0.717) is 30.2 Å². The highest BCUT2D eigenvalue weighted by atomic mass is 79.9. The molecule has 0 unspecified atom stereocenters. The van der Waals surface area contributed by atoms with Gasteiger partial charge in [-0.15, -0.1) is 0 Å². The molecule has 0 aliphatic carbocycles. The summed E-state index contributed by atoms with van der Waals surface area (Å²) in [5, 5.41) is 4.05. The topological polar surface area (TPSA) is 38.3 Å². The Balaban J connectivity index is 1.83. The Kier molecular flexibility index (Phi) is 6.96. The summed E-state index contributed by atoms with van der Waals surface area (Å²) in [6.45, 7) is 4.31. The number of halogens is 3. The summed E-state index contributed by atoms with van der Waals surface area (Å²) in [5.41, 5.74) is 2.53. The lowest BCUT2D eigenvalue weighted by Crippen LogP contribution is -2.13. The monoisotopic (exact) mass is 429 g/mol. The van der Waals surface area contributed by atoms with Gasteiger partial charge in [0, 0.05) is 11.4 Å². The van der Waals surface area contributed by atoms with Gasteiger partial charge in [0.1, 0.15) is 5.75 Å². The van der Waals surface area contributed by atoms with Crippen LogP contribution in [0.3, 0.4) is 0 Å². The van der Waals surface area contributed by atoms with Gasteiger partial charge in [-0.25, -0.2) is 0 Å². The Morgan fingerprint density at radius 3 is 2.67 bits per heavy atom. The van der Waals surface area contributed by atoms with E-state index in [1.165, 1.54) is 0 Å². The summed E-state index contributed by atoms with van der Waals surface area (Å²) >= 11 is 15.7. The van der Waals surface area contributed by atoms with E-state index in [2.05, 4.69) is 21.2 Å². The molecule has 2 aromatic carbocycles. The SMILES string of the molecule is Cc1cc(OCCCC(=O)Nc2ccccc2Cl)c(Br)c(C)c1Cl. The minimum absolute atomic E-state index is 0.0887. The smallest absolute Gasteiger partial charge is 0.224 e. The Morgan fingerprint density at radius 2 is 1.96 bits per heavy atom. The molecule has 0 fully saturated rings. The molecule has 0 radical (unpaired) electrons. The zero-order valence-corrected chi connectivity index (χ0v) is 16.6. The van der Waals surface area contributed by atoms with Crippen molar-refractivity contribution in [3.63, 3.8) is 0 Å². The molecule has 0 atom stereocenters. The van der Waals surface area contributed by atoms with Gasteiger partial charge in [0.05, 0.1) is 21.8 Å². The normalized spacial score (nSPS) is 10.5. The number of nitrogens with one attached hydrogen (secondary N) is 1. The third-order valence-electron chi connectivity index (χ3n) is 3.52. The number of benzene rings is 2. The van der Waals surface area contributed by atoms with Gasteiger partial charge in [-0.3, -0.25) is 4.79 Å². The largest absolute Gasteiger partial charge is 0.492 e. The van der Waals surface area contributed by atoms with Crippen LogP contribution in [0.15, 0.2) is 34.8 Å². The van der Waals surface area contributed by atoms with E-state index in [9.17, 15) is 4.79 Å². The van der Waals surface area contributed by atoms with Gasteiger partial charge in [0.15, 0.2) is 0 Å². The van der Waals surface area contributed by atoms with Crippen molar-refractivity contribution in [1.82, 2.24) is 0 Å². The van der Waals surface area contributed by atoms with Crippen molar-refractivity contribution in [3.8, 4) is 5.75 Å². The highest BCUT2D eigenvalue weighted by molar-refractivity contribution is 9.10. The molecule has 128 valence electrons. The second kappa shape index (κ2) is 8.75. The third kappa shape index (κ3) is 4.88. The van der Waals surface area contributed by atoms with Crippen molar-refractivity contribution >= 4 is 50.7 Å². The van der Waals surface area contributed by atoms with Crippen LogP contribution in [0.25, 0.3) is 0 Å². The van der Waals surface area contributed by atoms with Crippen molar-refractivity contribution in [1.29, 1.82) is 0 Å². The van der Waals surface area contributed by atoms with Crippen LogP contribution in [0.1, 0.15) is 24.0 Å². The molecule has 0 saturated heterocycles. The summed E-state index contributed by atoms with van der Waals surface area (Å²) in [5.74, 6) is 0.648. The number of hydrogen-bond acceptors (Lipinski definition) is 2. The second-order valence-electron chi connectivity index (χ2n) is 5.42. The molecule has 0 aromatic heterocycles. The van der Waals surface area contributed by atoms with Crippen molar-refractivity contribution in [2.24, 2.45) is 0 Å². The highest BCUT2D eigenvalue weighted by Gasteiger charge is 2.11. The summed E-state index contributed by atoms with van der Waals surface area (Å²) in [7, 11) is 0. The van der Waals surface area contributed by atoms with Crippen molar-refractivity contribution in [2.75, 3.05) is 11.9 Å². The van der Waals surface area contributed by atoms with Crippen LogP contribution in [0, 0.1) is 13.8 Å². The number of anilines is 1. The molecule has 0 aliphatic heterocycles. The number of amides is 1. The fourth-order valence-electron chi connectivity index (χ4n) is 2.20. The first-order valence-electron chi connectivity index (χ1n) is 7.52. The predicted molar refractivity (Wildman–Crippen MR) is 103 cm³/mol. The van der Waals surface area contributed by atoms with Gasteiger partial charge in [-0.1, -0.05) is 35.3 Å². The molecule has 3 nitrogen and oxygen atoms in total. The maximum absolute atomic E-state index is 11.9. The number of hydrogen-bond donors (Lipinski definition) is 1. The number of carbonyl (C=O) groups excluding carboxylic acids is 1. The fourth-order valence-corrected chi connectivity index (χ4v) is 3.07. The van der Waals surface area contributed by atoms with Gasteiger partial charge in [-0.2, -0.15) is 0 Å². The Hall–Kier alpha value is -1.23. The van der Waals surface area contributed by atoms with Crippen LogP contribution in [0.4, 0.5) is 5.69 Å². The van der Waals surface area contributed by atoms with Crippen LogP contribution in [-0.4, -0.2) is 12.5 Å². The van der Waals surface area contributed by atoms with Crippen molar-refractivity contribution < 1.29 is 9.53 Å². The average molecular weight is 431 g/mol. The molecular weight excluding hydrogens is 413 g/mol. The highest BCUT2D eigenvalue weighted by Crippen LogP contribution is 2.35. The maximum Gasteiger partial charge on any atom is 0.224 e. The van der Waals surface area contributed by atoms with Gasteiger partial charge in [-0.05, 0) is 65.5 Å². The van der Waals surface area contributed by atoms with E-state index in [-0.39, 0.29) is 5.91 Å². The lowest BCUT2D eigenvalue weighted by atomic mass is 10.1. The molecule has 0 saturated carbocycles. The second-order valence-corrected chi connectivity index (χ2v) is 7.00. The molecule has 0 heterocycles. The molecule has 6 heteroatoms. The number of aryl methyl sites for hydroxylation is 1. The van der Waals surface area contributed by atoms with Crippen LogP contribution in [0.5, 0.6) is 5.75 Å². The number of rotatable bonds is 6. The molecule has 2 rings (SSSR count). The zero-order valence-electron chi connectivity index (χ0n) is 13.5. The summed E-state index contributed by atoms with van der Waals surface area (Å²) < 4.78 is 6.61. The molecule has 2 aromatic rings. The first-order chi connectivity index (χ1) is 11.4. The summed E-state index contributed by atoms with van der Waals surface area (Å²) in [6.07, 6.45) is 0.956. The van der Waals surface area contributed by atoms with E-state index < -0.39 is 0 Å². The zero-order chi connectivity index (χ0) is 17.7. The first-order valence-corrected chi connectivity index (χ1v) is 9.07. The van der Waals surface area contributed by atoms with Crippen molar-refractivity contribution in [2.45, 2.75) is 26.7 Å². The average Bonchev–Trinajstić information content (AvgIpc) is 2.56. The predicted octanol–water partition coefficient (Wildman–Crippen LogP) is 6.17. The number of ether oxygens (including phenoxy) is 1. The fraction of sp³-hybridized carbons (Fsp3) is 0.278. The van der Waals surface area contributed by atoms with Gasteiger partial charge < -0.3 is 10.1 Å². The van der Waals surface area contributed by atoms with Crippen LogP contribution in [0.2, 0.25) is 10.0 Å². The number of para-hydroxylation sites is 1. The van der Waals surface area contributed by atoms with E-state index in [4.69, 9.17) is 27.9 Å². The standard InChI is InChI=1S/C18H18BrCl2NO2/c1-11-10-15(17(19)12(2)18(11)21)24-9-5-8-16(23)22-14-7-4-3-6-13(14)20/h3-4,6-7,10H,5,8-9H2,1-2H3,(H,22,23). The first kappa shape index (κ1) is 19.1. The summed E-state index contributed by atoms with van der Waals surface area (Å²) in [6, 6.07) is 9.05. The van der Waals surface area contributed by atoms with E-state index >= 15 is 0 Å². The quantitative estimate of drug-likeness (QED) is 0.556. The van der Waals surface area contributed by atoms with Gasteiger partial charge >= 0.3 is 0 Å². The Morgan fingerprint density at radius 1 is 1.25 bits per heavy atom. The summed E-state index contributed by atoms with van der Waals surface area (Å²) in [4.78, 5) is 11.9. The van der Waals surface area contributed by atoms with Crippen LogP contribution < -0.4 is 10.1 Å². The van der Waals surface area contributed by atoms with Gasteiger partial charge in [0.25, 0.3) is 0 Å². The number of carbonyl (C=O) groups is 1. The molecule has 0 aliphatic rings. The molecule has 1 N–H and O–H groups in total. The van der Waals surface area contributed by atoms with Crippen LogP contribution >= 0.6 is 39.1 Å². The van der Waals surface area contributed by atoms with Crippen molar-refractivity contribution in [3.05, 3.63) is 56.0 Å². The molecule has 24 heavy (non-hydrogen) atoms. The Bertz CT molecular complexity index is 750.